The smallest absolute Gasteiger partial charge is 0.0317 e. The summed E-state index contributed by atoms with van der Waals surface area (Å²) in [6.45, 7) is 8.01. The Labute approximate surface area is 124 Å². The lowest BCUT2D eigenvalue weighted by Gasteiger charge is -2.40. The number of anilines is 1. The van der Waals surface area contributed by atoms with Crippen LogP contribution in [0.3, 0.4) is 0 Å². The third-order valence-corrected chi connectivity index (χ3v) is 4.78. The van der Waals surface area contributed by atoms with Crippen molar-refractivity contribution < 1.29 is 0 Å². The molecule has 20 heavy (non-hydrogen) atoms. The van der Waals surface area contributed by atoms with Crippen molar-refractivity contribution in [1.29, 1.82) is 0 Å². The first kappa shape index (κ1) is 15.4. The van der Waals surface area contributed by atoms with Crippen LogP contribution in [-0.4, -0.2) is 17.0 Å². The minimum absolute atomic E-state index is 0.594. The number of nitrogens with two attached hydrogens (primary N) is 1. The summed E-state index contributed by atoms with van der Waals surface area (Å²) in [4.78, 5) is 2.68. The maximum atomic E-state index is 5.91. The van der Waals surface area contributed by atoms with Gasteiger partial charge < -0.3 is 5.73 Å². The fraction of sp³-hybridized carbons (Fsp3) is 0.667. The first-order chi connectivity index (χ1) is 9.60. The standard InChI is InChI=1S/C18H30N2/c1-4-15-7-6-10-18(12-15)20(14(2)3)13-16-8-5-9-17(19)11-16/h5,8-9,11,14-15,18H,4,6-7,10,12-13,19H2,1-3H3. The van der Waals surface area contributed by atoms with E-state index in [2.05, 4.69) is 43.9 Å². The van der Waals surface area contributed by atoms with Crippen molar-refractivity contribution >= 4 is 5.69 Å². The van der Waals surface area contributed by atoms with E-state index in [0.717, 1.165) is 24.2 Å². The molecule has 1 aromatic rings. The highest BCUT2D eigenvalue weighted by molar-refractivity contribution is 5.40. The molecule has 2 heteroatoms. The van der Waals surface area contributed by atoms with Crippen molar-refractivity contribution in [1.82, 2.24) is 4.90 Å². The highest BCUT2D eigenvalue weighted by Crippen LogP contribution is 2.31. The van der Waals surface area contributed by atoms with Gasteiger partial charge in [-0.1, -0.05) is 38.3 Å². The van der Waals surface area contributed by atoms with Crippen LogP contribution in [0.5, 0.6) is 0 Å². The molecule has 112 valence electrons. The Morgan fingerprint density at radius 3 is 2.75 bits per heavy atom. The lowest BCUT2D eigenvalue weighted by atomic mass is 9.83. The highest BCUT2D eigenvalue weighted by Gasteiger charge is 2.27. The molecule has 0 bridgehead atoms. The molecule has 0 amide bonds. The van der Waals surface area contributed by atoms with Crippen molar-refractivity contribution in [2.24, 2.45) is 5.92 Å². The molecular weight excluding hydrogens is 244 g/mol. The summed E-state index contributed by atoms with van der Waals surface area (Å²) < 4.78 is 0. The van der Waals surface area contributed by atoms with Crippen LogP contribution in [0.2, 0.25) is 0 Å². The number of hydrogen-bond acceptors (Lipinski definition) is 2. The van der Waals surface area contributed by atoms with E-state index in [0.29, 0.717) is 6.04 Å². The molecule has 2 atom stereocenters. The quantitative estimate of drug-likeness (QED) is 0.804. The molecule has 1 fully saturated rings. The van der Waals surface area contributed by atoms with Gasteiger partial charge in [-0.2, -0.15) is 0 Å². The van der Waals surface area contributed by atoms with E-state index in [1.165, 1.54) is 37.7 Å². The Morgan fingerprint density at radius 1 is 1.30 bits per heavy atom. The van der Waals surface area contributed by atoms with Gasteiger partial charge in [0.1, 0.15) is 0 Å². The first-order valence-electron chi connectivity index (χ1n) is 8.20. The summed E-state index contributed by atoms with van der Waals surface area (Å²) in [5.74, 6) is 0.927. The molecule has 2 unspecified atom stereocenters. The Bertz CT molecular complexity index is 414. The Morgan fingerprint density at radius 2 is 2.10 bits per heavy atom. The van der Waals surface area contributed by atoms with Gasteiger partial charge in [0, 0.05) is 24.3 Å². The zero-order chi connectivity index (χ0) is 14.5. The number of hydrogen-bond donors (Lipinski definition) is 1. The van der Waals surface area contributed by atoms with Crippen molar-refractivity contribution in [2.75, 3.05) is 5.73 Å². The SMILES string of the molecule is CCC1CCCC(N(Cc2cccc(N)c2)C(C)C)C1. The molecule has 2 N–H and O–H groups in total. The third-order valence-electron chi connectivity index (χ3n) is 4.78. The van der Waals surface area contributed by atoms with Gasteiger partial charge in [0.05, 0.1) is 0 Å². The second-order valence-electron chi connectivity index (χ2n) is 6.61. The molecule has 0 aromatic heterocycles. The Hall–Kier alpha value is -1.02. The number of nitrogen functional groups attached to an aromatic ring is 1. The van der Waals surface area contributed by atoms with Crippen LogP contribution in [0.15, 0.2) is 24.3 Å². The molecular formula is C18H30N2. The summed E-state index contributed by atoms with van der Waals surface area (Å²) in [7, 11) is 0. The normalized spacial score (nSPS) is 23.4. The zero-order valence-electron chi connectivity index (χ0n) is 13.3. The molecule has 0 radical (unpaired) electrons. The number of rotatable bonds is 5. The molecule has 0 heterocycles. The lowest BCUT2D eigenvalue weighted by molar-refractivity contribution is 0.0910. The molecule has 0 aliphatic heterocycles. The average molecular weight is 274 g/mol. The van der Waals surface area contributed by atoms with Gasteiger partial charge in [-0.15, -0.1) is 0 Å². The van der Waals surface area contributed by atoms with Crippen LogP contribution in [0.1, 0.15) is 58.4 Å². The van der Waals surface area contributed by atoms with Crippen molar-refractivity contribution in [2.45, 2.75) is 71.5 Å². The van der Waals surface area contributed by atoms with Crippen LogP contribution in [0.4, 0.5) is 5.69 Å². The molecule has 2 rings (SSSR count). The second kappa shape index (κ2) is 7.12. The van der Waals surface area contributed by atoms with Crippen molar-refractivity contribution in [3.8, 4) is 0 Å². The minimum atomic E-state index is 0.594. The monoisotopic (exact) mass is 274 g/mol. The Kier molecular flexibility index (Phi) is 5.47. The van der Waals surface area contributed by atoms with E-state index < -0.39 is 0 Å². The van der Waals surface area contributed by atoms with Crippen LogP contribution >= 0.6 is 0 Å². The molecule has 0 saturated heterocycles. The maximum Gasteiger partial charge on any atom is 0.0317 e. The largest absolute Gasteiger partial charge is 0.399 e. The fourth-order valence-electron chi connectivity index (χ4n) is 3.57. The topological polar surface area (TPSA) is 29.3 Å². The van der Waals surface area contributed by atoms with Gasteiger partial charge in [-0.05, 0) is 50.3 Å². The molecule has 1 aliphatic rings. The number of benzene rings is 1. The predicted molar refractivity (Wildman–Crippen MR) is 87.6 cm³/mol. The van der Waals surface area contributed by atoms with Gasteiger partial charge in [0.15, 0.2) is 0 Å². The van der Waals surface area contributed by atoms with Crippen LogP contribution < -0.4 is 5.73 Å². The van der Waals surface area contributed by atoms with Gasteiger partial charge in [-0.25, -0.2) is 0 Å². The van der Waals surface area contributed by atoms with Gasteiger partial charge >= 0.3 is 0 Å². The molecule has 1 saturated carbocycles. The third kappa shape index (κ3) is 3.99. The number of nitrogens with zero attached hydrogens (tertiary/aromatic N) is 1. The lowest BCUT2D eigenvalue weighted by Crippen LogP contribution is -2.42. The predicted octanol–water partition coefficient (Wildman–Crippen LogP) is 4.45. The highest BCUT2D eigenvalue weighted by atomic mass is 15.2. The fourth-order valence-corrected chi connectivity index (χ4v) is 3.57. The van der Waals surface area contributed by atoms with Crippen LogP contribution in [0, 0.1) is 5.92 Å². The average Bonchev–Trinajstić information content (AvgIpc) is 2.44. The molecule has 2 nitrogen and oxygen atoms in total. The van der Waals surface area contributed by atoms with Crippen LogP contribution in [0.25, 0.3) is 0 Å². The minimum Gasteiger partial charge on any atom is -0.399 e. The van der Waals surface area contributed by atoms with Crippen molar-refractivity contribution in [3.63, 3.8) is 0 Å². The van der Waals surface area contributed by atoms with Gasteiger partial charge in [-0.3, -0.25) is 4.90 Å². The van der Waals surface area contributed by atoms with E-state index in [9.17, 15) is 0 Å². The van der Waals surface area contributed by atoms with Crippen molar-refractivity contribution in [3.05, 3.63) is 29.8 Å². The van der Waals surface area contributed by atoms with E-state index in [-0.39, 0.29) is 0 Å². The van der Waals surface area contributed by atoms with E-state index in [1.807, 2.05) is 6.07 Å². The van der Waals surface area contributed by atoms with E-state index >= 15 is 0 Å². The van der Waals surface area contributed by atoms with Gasteiger partial charge in [0.25, 0.3) is 0 Å². The second-order valence-corrected chi connectivity index (χ2v) is 6.61. The molecule has 1 aromatic carbocycles. The summed E-state index contributed by atoms with van der Waals surface area (Å²) in [6, 6.07) is 9.70. The molecule has 0 spiro atoms. The Balaban J connectivity index is 2.06. The van der Waals surface area contributed by atoms with Crippen LogP contribution in [-0.2, 0) is 6.54 Å². The summed E-state index contributed by atoms with van der Waals surface area (Å²) in [5.41, 5.74) is 8.13. The summed E-state index contributed by atoms with van der Waals surface area (Å²) in [5, 5.41) is 0. The molecule has 1 aliphatic carbocycles. The van der Waals surface area contributed by atoms with E-state index in [1.54, 1.807) is 0 Å². The van der Waals surface area contributed by atoms with Gasteiger partial charge in [0.2, 0.25) is 0 Å². The first-order valence-corrected chi connectivity index (χ1v) is 8.20. The van der Waals surface area contributed by atoms with E-state index in [4.69, 9.17) is 5.73 Å². The summed E-state index contributed by atoms with van der Waals surface area (Å²) in [6.07, 6.45) is 6.88. The maximum absolute atomic E-state index is 5.91. The summed E-state index contributed by atoms with van der Waals surface area (Å²) >= 11 is 0. The zero-order valence-corrected chi connectivity index (χ0v) is 13.3.